The number of carbonyl (C=O) groups excluding carboxylic acids is 1. The maximum absolute atomic E-state index is 12.5. The molecule has 2 N–H and O–H groups in total. The van der Waals surface area contributed by atoms with Crippen LogP contribution in [0.5, 0.6) is 0 Å². The molecule has 29 heavy (non-hydrogen) atoms. The monoisotopic (exact) mass is 410 g/mol. The highest BCUT2D eigenvalue weighted by Crippen LogP contribution is 2.15. The summed E-state index contributed by atoms with van der Waals surface area (Å²) in [4.78, 5) is 35.4. The zero-order chi connectivity index (χ0) is 21.8. The summed E-state index contributed by atoms with van der Waals surface area (Å²) in [6.07, 6.45) is 2.72. The third-order valence-electron chi connectivity index (χ3n) is 4.93. The minimum absolute atomic E-state index is 0.132. The molecule has 0 aromatic carbocycles. The van der Waals surface area contributed by atoms with E-state index in [1.807, 2.05) is 6.07 Å². The molecule has 0 aliphatic carbocycles. The zero-order valence-electron chi connectivity index (χ0n) is 17.9. The van der Waals surface area contributed by atoms with Crippen molar-refractivity contribution in [2.45, 2.75) is 40.0 Å². The van der Waals surface area contributed by atoms with Crippen molar-refractivity contribution in [3.8, 4) is 0 Å². The molecule has 1 aromatic heterocycles. The Balaban J connectivity index is 0.00000132. The molecule has 1 fully saturated rings. The number of nitrogens with zero attached hydrogens (tertiary/aromatic N) is 1. The second-order valence-electron chi connectivity index (χ2n) is 7.75. The van der Waals surface area contributed by atoms with Gasteiger partial charge in [0.1, 0.15) is 11.3 Å². The Bertz CT molecular complexity index is 701. The maximum Gasteiger partial charge on any atom is 0.349 e. The van der Waals surface area contributed by atoms with Crippen LogP contribution in [0.3, 0.4) is 0 Å². The van der Waals surface area contributed by atoms with E-state index in [0.29, 0.717) is 29.7 Å². The number of likely N-dealkylation sites (tertiary alicyclic amines) is 1. The molecule has 0 bridgehead atoms. The van der Waals surface area contributed by atoms with Crippen LogP contribution in [0.1, 0.15) is 48.4 Å². The molecular weight excluding hydrogens is 376 g/mol. The fourth-order valence-electron chi connectivity index (χ4n) is 3.33. The molecule has 8 heteroatoms. The van der Waals surface area contributed by atoms with Crippen LogP contribution in [0, 0.1) is 18.8 Å². The molecule has 0 spiro atoms. The Morgan fingerprint density at radius 2 is 2.17 bits per heavy atom. The van der Waals surface area contributed by atoms with Gasteiger partial charge < -0.3 is 24.5 Å². The fraction of sp³-hybridized carbons (Fsp3) is 0.667. The second-order valence-corrected chi connectivity index (χ2v) is 7.75. The van der Waals surface area contributed by atoms with Gasteiger partial charge >= 0.3 is 5.63 Å². The molecule has 164 valence electrons. The van der Waals surface area contributed by atoms with Gasteiger partial charge in [-0.1, -0.05) is 13.8 Å². The number of rotatable bonds is 9. The number of amides is 1. The summed E-state index contributed by atoms with van der Waals surface area (Å²) in [7, 11) is 1.70. The Kier molecular flexibility index (Phi) is 11.2. The third kappa shape index (κ3) is 8.79. The molecule has 1 aliphatic rings. The van der Waals surface area contributed by atoms with E-state index >= 15 is 0 Å². The van der Waals surface area contributed by atoms with Crippen molar-refractivity contribution in [1.82, 2.24) is 10.2 Å². The molecule has 1 unspecified atom stereocenters. The Labute approximate surface area is 172 Å². The number of methoxy groups -OCH3 is 1. The molecule has 8 nitrogen and oxygen atoms in total. The summed E-state index contributed by atoms with van der Waals surface area (Å²) in [5.74, 6) is 1.27. The van der Waals surface area contributed by atoms with Gasteiger partial charge in [0.15, 0.2) is 0 Å². The maximum atomic E-state index is 12.5. The molecule has 1 atom stereocenters. The van der Waals surface area contributed by atoms with Crippen LogP contribution in [0.25, 0.3) is 0 Å². The van der Waals surface area contributed by atoms with Gasteiger partial charge in [0.2, 0.25) is 0 Å². The first-order valence-corrected chi connectivity index (χ1v) is 10.0. The zero-order valence-corrected chi connectivity index (χ0v) is 17.9. The number of hydrogen-bond donors (Lipinski definition) is 2. The van der Waals surface area contributed by atoms with E-state index in [9.17, 15) is 9.59 Å². The lowest BCUT2D eigenvalue weighted by atomic mass is 10.0. The van der Waals surface area contributed by atoms with Crippen molar-refractivity contribution in [2.24, 2.45) is 11.8 Å². The Morgan fingerprint density at radius 1 is 1.48 bits per heavy atom. The molecule has 2 rings (SSSR count). The van der Waals surface area contributed by atoms with E-state index in [0.717, 1.165) is 45.5 Å². The average molecular weight is 411 g/mol. The van der Waals surface area contributed by atoms with Gasteiger partial charge in [0.25, 0.3) is 12.4 Å². The lowest BCUT2D eigenvalue weighted by Gasteiger charge is -2.15. The van der Waals surface area contributed by atoms with Crippen LogP contribution in [-0.4, -0.2) is 62.3 Å². The Hall–Kier alpha value is -2.19. The highest BCUT2D eigenvalue weighted by atomic mass is 16.5. The minimum Gasteiger partial charge on any atom is -0.483 e. The van der Waals surface area contributed by atoms with Crippen molar-refractivity contribution in [3.63, 3.8) is 0 Å². The van der Waals surface area contributed by atoms with E-state index in [1.165, 1.54) is 0 Å². The van der Waals surface area contributed by atoms with Crippen LogP contribution < -0.4 is 10.9 Å². The average Bonchev–Trinajstić information content (AvgIpc) is 3.11. The van der Waals surface area contributed by atoms with E-state index in [2.05, 4.69) is 24.1 Å². The SMILES string of the molecule is COCCN1CCC(CNC(=O)c2c(C)cc(CCC(C)C)oc2=O)C1.O=CO. The molecule has 1 aliphatic heterocycles. The first-order valence-electron chi connectivity index (χ1n) is 10.0. The molecule has 1 aromatic rings. The van der Waals surface area contributed by atoms with Crippen LogP contribution >= 0.6 is 0 Å². The van der Waals surface area contributed by atoms with Gasteiger partial charge in [-0.3, -0.25) is 9.59 Å². The first kappa shape index (κ1) is 24.8. The smallest absolute Gasteiger partial charge is 0.349 e. The predicted octanol–water partition coefficient (Wildman–Crippen LogP) is 1.94. The van der Waals surface area contributed by atoms with Crippen molar-refractivity contribution in [2.75, 3.05) is 39.9 Å². The number of carbonyl (C=O) groups is 2. The standard InChI is InChI=1S/C20H32N2O4.CH2O2/c1-14(2)5-6-17-11-15(3)18(20(24)26-17)19(23)21-12-16-7-8-22(13-16)9-10-25-4;2-1-3/h11,14,16H,5-10,12-13H2,1-4H3,(H,21,23);1H,(H,2,3). The highest BCUT2D eigenvalue weighted by Gasteiger charge is 2.24. The molecule has 1 saturated heterocycles. The number of carboxylic acid groups (broad SMARTS) is 1. The summed E-state index contributed by atoms with van der Waals surface area (Å²) in [6, 6.07) is 1.82. The van der Waals surface area contributed by atoms with E-state index in [4.69, 9.17) is 19.1 Å². The van der Waals surface area contributed by atoms with Crippen molar-refractivity contribution >= 4 is 12.4 Å². The fourth-order valence-corrected chi connectivity index (χ4v) is 3.33. The number of aryl methyl sites for hydroxylation is 2. The van der Waals surface area contributed by atoms with E-state index < -0.39 is 5.63 Å². The molecule has 0 radical (unpaired) electrons. The Morgan fingerprint density at radius 3 is 2.76 bits per heavy atom. The van der Waals surface area contributed by atoms with Crippen LogP contribution in [0.4, 0.5) is 0 Å². The van der Waals surface area contributed by atoms with Gasteiger partial charge in [0.05, 0.1) is 6.61 Å². The third-order valence-corrected chi connectivity index (χ3v) is 4.93. The predicted molar refractivity (Wildman–Crippen MR) is 110 cm³/mol. The van der Waals surface area contributed by atoms with Crippen LogP contribution in [-0.2, 0) is 16.0 Å². The molecule has 1 amide bonds. The van der Waals surface area contributed by atoms with Gasteiger partial charge in [-0.25, -0.2) is 4.79 Å². The molecule has 2 heterocycles. The van der Waals surface area contributed by atoms with Crippen molar-refractivity contribution in [1.29, 1.82) is 0 Å². The van der Waals surface area contributed by atoms with Crippen molar-refractivity contribution in [3.05, 3.63) is 33.4 Å². The summed E-state index contributed by atoms with van der Waals surface area (Å²) in [6.45, 7) is 10.0. The lowest BCUT2D eigenvalue weighted by molar-refractivity contribution is -0.122. The highest BCUT2D eigenvalue weighted by molar-refractivity contribution is 5.95. The summed E-state index contributed by atoms with van der Waals surface area (Å²) >= 11 is 0. The largest absolute Gasteiger partial charge is 0.483 e. The summed E-state index contributed by atoms with van der Waals surface area (Å²) in [5.41, 5.74) is 0.285. The lowest BCUT2D eigenvalue weighted by Crippen LogP contribution is -2.34. The quantitative estimate of drug-likeness (QED) is 0.599. The number of hydrogen-bond acceptors (Lipinski definition) is 6. The van der Waals surface area contributed by atoms with E-state index in [1.54, 1.807) is 14.0 Å². The molecular formula is C21H34N2O6. The van der Waals surface area contributed by atoms with Crippen LogP contribution in [0.2, 0.25) is 0 Å². The number of ether oxygens (including phenoxy) is 1. The molecule has 0 saturated carbocycles. The minimum atomic E-state index is -0.533. The van der Waals surface area contributed by atoms with Gasteiger partial charge in [-0.05, 0) is 49.8 Å². The van der Waals surface area contributed by atoms with Gasteiger partial charge in [-0.2, -0.15) is 0 Å². The summed E-state index contributed by atoms with van der Waals surface area (Å²) < 4.78 is 10.5. The number of nitrogens with one attached hydrogen (secondary N) is 1. The van der Waals surface area contributed by atoms with Crippen molar-refractivity contribution < 1.29 is 23.8 Å². The summed E-state index contributed by atoms with van der Waals surface area (Å²) in [5, 5.41) is 9.80. The topological polar surface area (TPSA) is 109 Å². The van der Waals surface area contributed by atoms with Crippen LogP contribution in [0.15, 0.2) is 15.3 Å². The second kappa shape index (κ2) is 13.1. The first-order chi connectivity index (χ1) is 13.8. The van der Waals surface area contributed by atoms with Gasteiger partial charge in [0, 0.05) is 33.2 Å². The van der Waals surface area contributed by atoms with E-state index in [-0.39, 0.29) is 17.9 Å². The normalized spacial score (nSPS) is 16.4. The van der Waals surface area contributed by atoms with Gasteiger partial charge in [-0.15, -0.1) is 0 Å².